The highest BCUT2D eigenvalue weighted by Gasteiger charge is 2.20. The van der Waals surface area contributed by atoms with E-state index in [1.807, 2.05) is 31.3 Å². The molecule has 1 aliphatic rings. The van der Waals surface area contributed by atoms with Gasteiger partial charge in [-0.15, -0.1) is 0 Å². The Labute approximate surface area is 142 Å². The SMILES string of the molecule is CCCc1ccc(OCC(=O)Nc2c3c(nn2C)CCNC3)cc1. The lowest BCUT2D eigenvalue weighted by Crippen LogP contribution is -2.26. The molecule has 2 heterocycles. The van der Waals surface area contributed by atoms with Crippen LogP contribution in [0.2, 0.25) is 0 Å². The highest BCUT2D eigenvalue weighted by atomic mass is 16.5. The van der Waals surface area contributed by atoms with E-state index in [1.54, 1.807) is 4.68 Å². The largest absolute Gasteiger partial charge is 0.484 e. The minimum absolute atomic E-state index is 0.0134. The van der Waals surface area contributed by atoms with Gasteiger partial charge in [0.1, 0.15) is 11.6 Å². The van der Waals surface area contributed by atoms with Crippen LogP contribution in [0.25, 0.3) is 0 Å². The number of rotatable bonds is 6. The number of carbonyl (C=O) groups excluding carboxylic acids is 1. The number of ether oxygens (including phenoxy) is 1. The molecule has 0 unspecified atom stereocenters. The number of amides is 1. The molecule has 1 amide bonds. The van der Waals surface area contributed by atoms with Gasteiger partial charge in [-0.1, -0.05) is 25.5 Å². The van der Waals surface area contributed by atoms with Crippen molar-refractivity contribution in [2.75, 3.05) is 18.5 Å². The summed E-state index contributed by atoms with van der Waals surface area (Å²) in [6.45, 7) is 3.80. The van der Waals surface area contributed by atoms with Crippen LogP contribution in [0.4, 0.5) is 5.82 Å². The third kappa shape index (κ3) is 3.76. The number of nitrogens with zero attached hydrogens (tertiary/aromatic N) is 2. The molecule has 2 aromatic rings. The van der Waals surface area contributed by atoms with Gasteiger partial charge in [0.05, 0.1) is 5.69 Å². The Morgan fingerprint density at radius 3 is 2.92 bits per heavy atom. The highest BCUT2D eigenvalue weighted by Crippen LogP contribution is 2.22. The van der Waals surface area contributed by atoms with E-state index >= 15 is 0 Å². The van der Waals surface area contributed by atoms with Crippen LogP contribution in [0.3, 0.4) is 0 Å². The lowest BCUT2D eigenvalue weighted by atomic mass is 10.1. The minimum atomic E-state index is -0.177. The standard InChI is InChI=1S/C18H24N4O2/c1-3-4-13-5-7-14(8-6-13)24-12-17(23)20-18-15-11-19-10-9-16(15)21-22(18)2/h5-8,19H,3-4,9-12H2,1-2H3,(H,20,23). The van der Waals surface area contributed by atoms with Crippen LogP contribution >= 0.6 is 0 Å². The second kappa shape index (κ2) is 7.49. The van der Waals surface area contributed by atoms with E-state index in [0.717, 1.165) is 49.4 Å². The topological polar surface area (TPSA) is 68.2 Å². The van der Waals surface area contributed by atoms with Crippen molar-refractivity contribution in [2.45, 2.75) is 32.7 Å². The Bertz CT molecular complexity index is 707. The monoisotopic (exact) mass is 328 g/mol. The summed E-state index contributed by atoms with van der Waals surface area (Å²) in [5.41, 5.74) is 3.41. The van der Waals surface area contributed by atoms with Crippen molar-refractivity contribution in [2.24, 2.45) is 7.05 Å². The maximum absolute atomic E-state index is 12.2. The maximum Gasteiger partial charge on any atom is 0.263 e. The van der Waals surface area contributed by atoms with Crippen molar-refractivity contribution in [1.29, 1.82) is 0 Å². The molecule has 1 aliphatic heterocycles. The summed E-state index contributed by atoms with van der Waals surface area (Å²) in [6.07, 6.45) is 3.06. The zero-order chi connectivity index (χ0) is 16.9. The van der Waals surface area contributed by atoms with Gasteiger partial charge in [-0.05, 0) is 24.1 Å². The lowest BCUT2D eigenvalue weighted by Gasteiger charge is -2.13. The third-order valence-electron chi connectivity index (χ3n) is 4.16. The zero-order valence-electron chi connectivity index (χ0n) is 14.3. The molecule has 0 spiro atoms. The van der Waals surface area contributed by atoms with Gasteiger partial charge in [-0.3, -0.25) is 9.48 Å². The zero-order valence-corrected chi connectivity index (χ0v) is 14.3. The summed E-state index contributed by atoms with van der Waals surface area (Å²) in [5.74, 6) is 1.28. The molecule has 0 atom stereocenters. The van der Waals surface area contributed by atoms with Crippen LogP contribution in [0.5, 0.6) is 5.75 Å². The number of fused-ring (bicyclic) bond motifs is 1. The van der Waals surface area contributed by atoms with Crippen molar-refractivity contribution in [3.8, 4) is 5.75 Å². The van der Waals surface area contributed by atoms with Gasteiger partial charge in [0.15, 0.2) is 6.61 Å². The Morgan fingerprint density at radius 2 is 2.17 bits per heavy atom. The molecule has 6 nitrogen and oxygen atoms in total. The Kier molecular flexibility index (Phi) is 5.15. The van der Waals surface area contributed by atoms with Gasteiger partial charge in [0, 0.05) is 32.1 Å². The van der Waals surface area contributed by atoms with Crippen molar-refractivity contribution < 1.29 is 9.53 Å². The van der Waals surface area contributed by atoms with Gasteiger partial charge in [-0.25, -0.2) is 0 Å². The Balaban J connectivity index is 1.57. The molecule has 3 rings (SSSR count). The van der Waals surface area contributed by atoms with E-state index < -0.39 is 0 Å². The maximum atomic E-state index is 12.2. The highest BCUT2D eigenvalue weighted by molar-refractivity contribution is 5.92. The molecule has 0 radical (unpaired) electrons. The summed E-state index contributed by atoms with van der Waals surface area (Å²) in [7, 11) is 1.85. The van der Waals surface area contributed by atoms with Crippen LogP contribution in [-0.4, -0.2) is 28.8 Å². The third-order valence-corrected chi connectivity index (χ3v) is 4.16. The van der Waals surface area contributed by atoms with Crippen molar-refractivity contribution in [3.63, 3.8) is 0 Å². The van der Waals surface area contributed by atoms with Crippen molar-refractivity contribution >= 4 is 11.7 Å². The number of nitrogens with one attached hydrogen (secondary N) is 2. The first-order chi connectivity index (χ1) is 11.7. The summed E-state index contributed by atoms with van der Waals surface area (Å²) >= 11 is 0. The molecule has 0 aliphatic carbocycles. The van der Waals surface area contributed by atoms with Crippen LogP contribution in [0.15, 0.2) is 24.3 Å². The van der Waals surface area contributed by atoms with E-state index in [9.17, 15) is 4.79 Å². The predicted molar refractivity (Wildman–Crippen MR) is 93.2 cm³/mol. The molecular formula is C18H24N4O2. The molecule has 24 heavy (non-hydrogen) atoms. The molecule has 0 saturated carbocycles. The summed E-state index contributed by atoms with van der Waals surface area (Å²) < 4.78 is 7.31. The van der Waals surface area contributed by atoms with Crippen LogP contribution in [-0.2, 0) is 31.2 Å². The Hall–Kier alpha value is -2.34. The fourth-order valence-electron chi connectivity index (χ4n) is 2.94. The first-order valence-corrected chi connectivity index (χ1v) is 8.44. The van der Waals surface area contributed by atoms with E-state index in [2.05, 4.69) is 22.7 Å². The summed E-state index contributed by atoms with van der Waals surface area (Å²) in [5, 5.41) is 10.7. The normalized spacial score (nSPS) is 13.4. The van der Waals surface area contributed by atoms with E-state index in [1.165, 1.54) is 5.56 Å². The molecule has 128 valence electrons. The quantitative estimate of drug-likeness (QED) is 0.851. The van der Waals surface area contributed by atoms with Crippen LogP contribution in [0.1, 0.15) is 30.2 Å². The van der Waals surface area contributed by atoms with Gasteiger partial charge in [-0.2, -0.15) is 5.10 Å². The van der Waals surface area contributed by atoms with E-state index in [-0.39, 0.29) is 12.5 Å². The predicted octanol–water partition coefficient (Wildman–Crippen LogP) is 2.04. The average Bonchev–Trinajstić information content (AvgIpc) is 2.90. The van der Waals surface area contributed by atoms with Crippen molar-refractivity contribution in [3.05, 3.63) is 41.1 Å². The average molecular weight is 328 g/mol. The number of hydrogen-bond donors (Lipinski definition) is 2. The van der Waals surface area contributed by atoms with Gasteiger partial charge >= 0.3 is 0 Å². The molecular weight excluding hydrogens is 304 g/mol. The molecule has 0 fully saturated rings. The lowest BCUT2D eigenvalue weighted by molar-refractivity contribution is -0.118. The number of benzene rings is 1. The number of carbonyl (C=O) groups is 1. The first kappa shape index (κ1) is 16.5. The van der Waals surface area contributed by atoms with E-state index in [4.69, 9.17) is 4.74 Å². The molecule has 1 aromatic heterocycles. The molecule has 1 aromatic carbocycles. The summed E-state index contributed by atoms with van der Waals surface area (Å²) in [6, 6.07) is 7.90. The molecule has 0 bridgehead atoms. The number of aryl methyl sites for hydroxylation is 2. The van der Waals surface area contributed by atoms with Crippen LogP contribution in [0, 0.1) is 0 Å². The molecule has 6 heteroatoms. The van der Waals surface area contributed by atoms with Gasteiger partial charge in [0.2, 0.25) is 0 Å². The smallest absolute Gasteiger partial charge is 0.263 e. The number of hydrogen-bond acceptors (Lipinski definition) is 4. The first-order valence-electron chi connectivity index (χ1n) is 8.44. The molecule has 2 N–H and O–H groups in total. The van der Waals surface area contributed by atoms with E-state index in [0.29, 0.717) is 5.75 Å². The fraction of sp³-hybridized carbons (Fsp3) is 0.444. The van der Waals surface area contributed by atoms with Crippen molar-refractivity contribution in [1.82, 2.24) is 15.1 Å². The molecule has 0 saturated heterocycles. The minimum Gasteiger partial charge on any atom is -0.484 e. The fourth-order valence-corrected chi connectivity index (χ4v) is 2.94. The number of aromatic nitrogens is 2. The Morgan fingerprint density at radius 1 is 1.38 bits per heavy atom. The summed E-state index contributed by atoms with van der Waals surface area (Å²) in [4.78, 5) is 12.2. The van der Waals surface area contributed by atoms with Gasteiger partial charge in [0.25, 0.3) is 5.91 Å². The van der Waals surface area contributed by atoms with Crippen LogP contribution < -0.4 is 15.4 Å². The second-order valence-corrected chi connectivity index (χ2v) is 6.06. The van der Waals surface area contributed by atoms with Gasteiger partial charge < -0.3 is 15.4 Å². The second-order valence-electron chi connectivity index (χ2n) is 6.06. The number of anilines is 1.